The smallest absolute Gasteiger partial charge is 0.218 e. The molecule has 0 spiro atoms. The van der Waals surface area contributed by atoms with Gasteiger partial charge in [0.05, 0.1) is 19.3 Å². The molecule has 2 aromatic heterocycles. The van der Waals surface area contributed by atoms with Crippen LogP contribution in [0.3, 0.4) is 0 Å². The zero-order valence-corrected chi connectivity index (χ0v) is 12.0. The topological polar surface area (TPSA) is 60.4 Å². The Hall–Kier alpha value is -2.37. The van der Waals surface area contributed by atoms with Crippen molar-refractivity contribution < 1.29 is 9.47 Å². The number of aromatic nitrogens is 3. The number of nitrogens with zero attached hydrogens (tertiary/aromatic N) is 4. The van der Waals surface area contributed by atoms with E-state index in [0.29, 0.717) is 12.5 Å². The Morgan fingerprint density at radius 3 is 3.14 bits per heavy atom. The maximum atomic E-state index is 5.93. The van der Waals surface area contributed by atoms with E-state index in [1.54, 1.807) is 12.4 Å². The van der Waals surface area contributed by atoms with E-state index in [1.165, 1.54) is 6.33 Å². The minimum atomic E-state index is 0.153. The van der Waals surface area contributed by atoms with Crippen molar-refractivity contribution in [1.29, 1.82) is 0 Å². The average molecular weight is 286 g/mol. The van der Waals surface area contributed by atoms with Gasteiger partial charge in [-0.15, -0.1) is 0 Å². The Bertz CT molecular complexity index is 579. The van der Waals surface area contributed by atoms with Gasteiger partial charge in [-0.2, -0.15) is 0 Å². The van der Waals surface area contributed by atoms with E-state index in [-0.39, 0.29) is 6.10 Å². The van der Waals surface area contributed by atoms with Crippen molar-refractivity contribution >= 4 is 5.82 Å². The highest BCUT2D eigenvalue weighted by Crippen LogP contribution is 2.23. The molecule has 0 aromatic carbocycles. The molecule has 6 nitrogen and oxygen atoms in total. The van der Waals surface area contributed by atoms with Crippen LogP contribution in [0.4, 0.5) is 5.82 Å². The first-order valence-corrected chi connectivity index (χ1v) is 7.11. The molecule has 2 aromatic rings. The second-order valence-corrected chi connectivity index (χ2v) is 4.81. The van der Waals surface area contributed by atoms with Crippen LogP contribution < -0.4 is 14.4 Å². The van der Waals surface area contributed by atoms with Gasteiger partial charge in [0.2, 0.25) is 5.88 Å². The van der Waals surface area contributed by atoms with E-state index >= 15 is 0 Å². The van der Waals surface area contributed by atoms with Crippen molar-refractivity contribution in [1.82, 2.24) is 15.0 Å². The summed E-state index contributed by atoms with van der Waals surface area (Å²) < 4.78 is 11.3. The molecular weight excluding hydrogens is 268 g/mol. The molecule has 0 radical (unpaired) electrons. The van der Waals surface area contributed by atoms with Crippen molar-refractivity contribution in [2.75, 3.05) is 24.6 Å². The van der Waals surface area contributed by atoms with Gasteiger partial charge in [-0.25, -0.2) is 9.97 Å². The molecule has 1 fully saturated rings. The second kappa shape index (κ2) is 6.39. The van der Waals surface area contributed by atoms with Crippen LogP contribution in [0.5, 0.6) is 11.6 Å². The van der Waals surface area contributed by atoms with Crippen molar-refractivity contribution in [2.24, 2.45) is 0 Å². The fourth-order valence-corrected chi connectivity index (χ4v) is 2.37. The normalized spacial score (nSPS) is 17.8. The SMILES string of the molecule is CCOc1cc(N2CC[C@H](Oc3cccnc3)C2)ncn1. The number of hydrogen-bond acceptors (Lipinski definition) is 6. The highest BCUT2D eigenvalue weighted by atomic mass is 16.5. The Labute approximate surface area is 123 Å². The number of ether oxygens (including phenoxy) is 2. The predicted molar refractivity (Wildman–Crippen MR) is 78.7 cm³/mol. The van der Waals surface area contributed by atoms with Crippen LogP contribution in [0.1, 0.15) is 13.3 Å². The lowest BCUT2D eigenvalue weighted by Crippen LogP contribution is -2.25. The highest BCUT2D eigenvalue weighted by Gasteiger charge is 2.25. The van der Waals surface area contributed by atoms with Gasteiger partial charge in [-0.05, 0) is 19.1 Å². The zero-order chi connectivity index (χ0) is 14.5. The molecule has 0 aliphatic carbocycles. The lowest BCUT2D eigenvalue weighted by atomic mass is 10.3. The quantitative estimate of drug-likeness (QED) is 0.837. The third-order valence-corrected chi connectivity index (χ3v) is 3.33. The van der Waals surface area contributed by atoms with Crippen molar-refractivity contribution in [3.05, 3.63) is 36.9 Å². The highest BCUT2D eigenvalue weighted by molar-refractivity contribution is 5.42. The first-order chi connectivity index (χ1) is 10.3. The summed E-state index contributed by atoms with van der Waals surface area (Å²) in [6, 6.07) is 5.67. The molecule has 0 saturated carbocycles. The lowest BCUT2D eigenvalue weighted by molar-refractivity contribution is 0.224. The molecule has 3 rings (SSSR count). The molecule has 1 atom stereocenters. The maximum Gasteiger partial charge on any atom is 0.218 e. The third-order valence-electron chi connectivity index (χ3n) is 3.33. The molecule has 0 unspecified atom stereocenters. The van der Waals surface area contributed by atoms with E-state index in [1.807, 2.05) is 25.1 Å². The maximum absolute atomic E-state index is 5.93. The standard InChI is InChI=1S/C15H18N4O2/c1-2-20-15-8-14(17-11-18-15)19-7-5-13(10-19)21-12-4-3-6-16-9-12/h3-4,6,8-9,11,13H,2,5,7,10H2,1H3/t13-/m0/s1. The first-order valence-electron chi connectivity index (χ1n) is 7.11. The molecule has 110 valence electrons. The molecule has 0 amide bonds. The summed E-state index contributed by atoms with van der Waals surface area (Å²) in [6.07, 6.45) is 6.13. The van der Waals surface area contributed by atoms with Gasteiger partial charge in [0.25, 0.3) is 0 Å². The van der Waals surface area contributed by atoms with Gasteiger partial charge in [0.1, 0.15) is 24.0 Å². The van der Waals surface area contributed by atoms with Crippen LogP contribution in [0, 0.1) is 0 Å². The zero-order valence-electron chi connectivity index (χ0n) is 12.0. The number of anilines is 1. The predicted octanol–water partition coefficient (Wildman–Crippen LogP) is 1.93. The molecule has 6 heteroatoms. The van der Waals surface area contributed by atoms with E-state index < -0.39 is 0 Å². The summed E-state index contributed by atoms with van der Waals surface area (Å²) in [7, 11) is 0. The summed E-state index contributed by atoms with van der Waals surface area (Å²) in [5.74, 6) is 2.30. The van der Waals surface area contributed by atoms with Gasteiger partial charge in [-0.3, -0.25) is 4.98 Å². The van der Waals surface area contributed by atoms with Crippen LogP contribution in [0.25, 0.3) is 0 Å². The summed E-state index contributed by atoms with van der Waals surface area (Å²) >= 11 is 0. The lowest BCUT2D eigenvalue weighted by Gasteiger charge is -2.18. The minimum absolute atomic E-state index is 0.153. The fourth-order valence-electron chi connectivity index (χ4n) is 2.37. The van der Waals surface area contributed by atoms with Crippen LogP contribution in [-0.4, -0.2) is 40.8 Å². The van der Waals surface area contributed by atoms with Crippen LogP contribution in [0.2, 0.25) is 0 Å². The summed E-state index contributed by atoms with van der Waals surface area (Å²) in [5.41, 5.74) is 0. The van der Waals surface area contributed by atoms with E-state index in [4.69, 9.17) is 9.47 Å². The molecule has 0 N–H and O–H groups in total. The summed E-state index contributed by atoms with van der Waals surface area (Å²) in [6.45, 7) is 4.25. The molecule has 21 heavy (non-hydrogen) atoms. The second-order valence-electron chi connectivity index (χ2n) is 4.81. The summed E-state index contributed by atoms with van der Waals surface area (Å²) in [4.78, 5) is 14.6. The van der Waals surface area contributed by atoms with E-state index in [0.717, 1.165) is 31.1 Å². The molecular formula is C15H18N4O2. The monoisotopic (exact) mass is 286 g/mol. The fraction of sp³-hybridized carbons (Fsp3) is 0.400. The van der Waals surface area contributed by atoms with Crippen LogP contribution in [0.15, 0.2) is 36.9 Å². The van der Waals surface area contributed by atoms with Gasteiger partial charge in [0.15, 0.2) is 0 Å². The Morgan fingerprint density at radius 2 is 2.33 bits per heavy atom. The largest absolute Gasteiger partial charge is 0.487 e. The Morgan fingerprint density at radius 1 is 1.38 bits per heavy atom. The summed E-state index contributed by atoms with van der Waals surface area (Å²) in [5, 5.41) is 0. The van der Waals surface area contributed by atoms with Gasteiger partial charge < -0.3 is 14.4 Å². The van der Waals surface area contributed by atoms with Crippen LogP contribution in [-0.2, 0) is 0 Å². The molecule has 1 aliphatic rings. The number of rotatable bonds is 5. The van der Waals surface area contributed by atoms with Gasteiger partial charge in [0, 0.05) is 25.2 Å². The molecule has 1 aliphatic heterocycles. The van der Waals surface area contributed by atoms with E-state index in [2.05, 4.69) is 19.9 Å². The number of pyridine rings is 1. The van der Waals surface area contributed by atoms with Crippen LogP contribution >= 0.6 is 0 Å². The first kappa shape index (κ1) is 13.6. The number of hydrogen-bond donors (Lipinski definition) is 0. The third kappa shape index (κ3) is 3.39. The average Bonchev–Trinajstić information content (AvgIpc) is 2.97. The Balaban J connectivity index is 1.63. The molecule has 0 bridgehead atoms. The van der Waals surface area contributed by atoms with Gasteiger partial charge in [-0.1, -0.05) is 0 Å². The van der Waals surface area contributed by atoms with Crippen molar-refractivity contribution in [2.45, 2.75) is 19.4 Å². The van der Waals surface area contributed by atoms with Crippen molar-refractivity contribution in [3.8, 4) is 11.6 Å². The molecule has 3 heterocycles. The van der Waals surface area contributed by atoms with Crippen molar-refractivity contribution in [3.63, 3.8) is 0 Å². The Kier molecular flexibility index (Phi) is 4.14. The van der Waals surface area contributed by atoms with Gasteiger partial charge >= 0.3 is 0 Å². The minimum Gasteiger partial charge on any atom is -0.487 e. The van der Waals surface area contributed by atoms with E-state index in [9.17, 15) is 0 Å². The molecule has 1 saturated heterocycles.